The van der Waals surface area contributed by atoms with Gasteiger partial charge in [-0.05, 0) is 12.1 Å². The number of phenolic OH excluding ortho intramolecular Hbond substituents is 5. The largest absolute Gasteiger partial charge is 0.504 e. The SMILES string of the molecule is Nc1nc(CC(=O)Nc2ccc(C(O)(O)C(O)(O)NC(O)(O)Cc3c(O)c(O)c(O)c(O)c3O)cc2)cs1. The fourth-order valence-electron chi connectivity index (χ4n) is 3.32. The molecule has 38 heavy (non-hydrogen) atoms. The van der Waals surface area contributed by atoms with Crippen LogP contribution in [0.3, 0.4) is 0 Å². The summed E-state index contributed by atoms with van der Waals surface area (Å²) < 4.78 is 0. The first-order valence-corrected chi connectivity index (χ1v) is 11.2. The minimum atomic E-state index is -3.93. The Bertz CT molecular complexity index is 1310. The molecule has 0 unspecified atom stereocenters. The van der Waals surface area contributed by atoms with Gasteiger partial charge in [0.25, 0.3) is 11.7 Å². The van der Waals surface area contributed by atoms with Gasteiger partial charge in [0.2, 0.25) is 29.1 Å². The smallest absolute Gasteiger partial charge is 0.288 e. The number of hydrogen-bond acceptors (Lipinski definition) is 16. The van der Waals surface area contributed by atoms with Gasteiger partial charge >= 0.3 is 0 Å². The maximum absolute atomic E-state index is 12.1. The lowest BCUT2D eigenvalue weighted by molar-refractivity contribution is -0.407. The van der Waals surface area contributed by atoms with Crippen LogP contribution in [0, 0.1) is 0 Å². The average Bonchev–Trinajstić information content (AvgIpc) is 3.23. The highest BCUT2D eigenvalue weighted by atomic mass is 32.1. The van der Waals surface area contributed by atoms with E-state index < -0.39 is 69.8 Å². The van der Waals surface area contributed by atoms with E-state index in [1.54, 1.807) is 5.38 Å². The number of aromatic nitrogens is 1. The van der Waals surface area contributed by atoms with Crippen molar-refractivity contribution >= 4 is 28.1 Å². The number of rotatable bonds is 9. The second kappa shape index (κ2) is 10.1. The van der Waals surface area contributed by atoms with Gasteiger partial charge in [-0.3, -0.25) is 4.79 Å². The molecule has 1 heterocycles. The number of nitrogens with two attached hydrogens (primary N) is 1. The summed E-state index contributed by atoms with van der Waals surface area (Å²) in [6, 6.07) is 4.26. The normalized spacial score (nSPS) is 12.5. The number of phenols is 5. The third kappa shape index (κ3) is 5.79. The summed E-state index contributed by atoms with van der Waals surface area (Å²) in [6.45, 7) is 0. The highest BCUT2D eigenvalue weighted by molar-refractivity contribution is 7.13. The molecule has 206 valence electrons. The zero-order valence-electron chi connectivity index (χ0n) is 19.1. The molecule has 16 nitrogen and oxygen atoms in total. The Morgan fingerprint density at radius 1 is 0.868 bits per heavy atom. The maximum atomic E-state index is 12.1. The molecular formula is C21H24N4O12S. The van der Waals surface area contributed by atoms with Gasteiger partial charge in [-0.15, -0.1) is 11.3 Å². The van der Waals surface area contributed by atoms with Crippen molar-refractivity contribution in [2.75, 3.05) is 11.1 Å². The Kier molecular flexibility index (Phi) is 7.59. The van der Waals surface area contributed by atoms with Gasteiger partial charge in [-0.1, -0.05) is 12.1 Å². The summed E-state index contributed by atoms with van der Waals surface area (Å²) >= 11 is 1.15. The molecule has 0 fully saturated rings. The van der Waals surface area contributed by atoms with Gasteiger partial charge in [0.05, 0.1) is 17.7 Å². The Hall–Kier alpha value is -3.94. The highest BCUT2D eigenvalue weighted by Crippen LogP contribution is 2.51. The molecule has 0 saturated carbocycles. The minimum absolute atomic E-state index is 0.101. The van der Waals surface area contributed by atoms with Crippen molar-refractivity contribution < 1.29 is 61.0 Å². The summed E-state index contributed by atoms with van der Waals surface area (Å²) in [5, 5.41) is 116. The lowest BCUT2D eigenvalue weighted by Crippen LogP contribution is -2.68. The third-order valence-corrected chi connectivity index (χ3v) is 5.96. The summed E-state index contributed by atoms with van der Waals surface area (Å²) in [4.78, 5) is 16.1. The quantitative estimate of drug-likeness (QED) is 0.0747. The van der Waals surface area contributed by atoms with Crippen molar-refractivity contribution in [1.29, 1.82) is 0 Å². The van der Waals surface area contributed by atoms with Crippen LogP contribution >= 0.6 is 11.3 Å². The molecule has 0 radical (unpaired) electrons. The van der Waals surface area contributed by atoms with E-state index in [4.69, 9.17) is 5.73 Å². The lowest BCUT2D eigenvalue weighted by atomic mass is 10.00. The van der Waals surface area contributed by atoms with E-state index in [0.717, 1.165) is 23.5 Å². The van der Waals surface area contributed by atoms with Crippen molar-refractivity contribution in [3.63, 3.8) is 0 Å². The average molecular weight is 557 g/mol. The molecule has 0 aliphatic heterocycles. The Morgan fingerprint density at radius 3 is 1.89 bits per heavy atom. The number of hydrogen-bond donors (Lipinski definition) is 14. The van der Waals surface area contributed by atoms with Crippen LogP contribution in [0.1, 0.15) is 16.8 Å². The van der Waals surface area contributed by atoms with Crippen molar-refractivity contribution in [3.05, 3.63) is 46.5 Å². The number of nitrogens with zero attached hydrogens (tertiary/aromatic N) is 1. The molecule has 1 aromatic heterocycles. The van der Waals surface area contributed by atoms with Gasteiger partial charge in [0.1, 0.15) is 0 Å². The van der Waals surface area contributed by atoms with Crippen molar-refractivity contribution in [1.82, 2.24) is 10.3 Å². The van der Waals surface area contributed by atoms with E-state index in [1.165, 1.54) is 17.4 Å². The molecule has 3 aromatic rings. The second-order valence-corrected chi connectivity index (χ2v) is 9.05. The molecule has 1 amide bonds. The van der Waals surface area contributed by atoms with Gasteiger partial charge in [0.15, 0.2) is 16.6 Å². The Labute approximate surface area is 216 Å². The number of amides is 1. The fraction of sp³-hybridized carbons (Fsp3) is 0.238. The number of anilines is 2. The predicted molar refractivity (Wildman–Crippen MR) is 127 cm³/mol. The van der Waals surface area contributed by atoms with Crippen LogP contribution in [-0.2, 0) is 23.4 Å². The van der Waals surface area contributed by atoms with E-state index in [0.29, 0.717) is 5.69 Å². The number of aromatic hydroxyl groups is 5. The van der Waals surface area contributed by atoms with Crippen molar-refractivity contribution in [2.45, 2.75) is 30.5 Å². The molecule has 0 bridgehead atoms. The standard InChI is InChI=1S/C21H24N4O12S/c22-18-24-10(7-38-18)5-12(26)23-9-3-1-8(2-4-9)20(34,35)21(36,37)25-19(32,33)6-11-13(27)15(29)17(31)16(30)14(11)28/h1-4,7,25,27-37H,5-6H2,(H2,22,24)(H,23,26). The lowest BCUT2D eigenvalue weighted by Gasteiger charge is -2.39. The zero-order valence-corrected chi connectivity index (χ0v) is 19.9. The topological polar surface area (TPSA) is 303 Å². The highest BCUT2D eigenvalue weighted by Gasteiger charge is 2.53. The van der Waals surface area contributed by atoms with E-state index in [1.807, 2.05) is 0 Å². The number of benzene rings is 2. The van der Waals surface area contributed by atoms with Gasteiger partial charge in [-0.2, -0.15) is 0 Å². The number of nitrogen functional groups attached to an aromatic ring is 1. The van der Waals surface area contributed by atoms with E-state index in [9.17, 15) is 61.0 Å². The number of thiazole rings is 1. The van der Waals surface area contributed by atoms with Crippen LogP contribution in [0.4, 0.5) is 10.8 Å². The van der Waals surface area contributed by atoms with Crippen LogP contribution in [0.2, 0.25) is 0 Å². The molecule has 3 rings (SSSR count). The van der Waals surface area contributed by atoms with Crippen LogP contribution in [0.25, 0.3) is 0 Å². The zero-order chi connectivity index (χ0) is 28.6. The molecule has 17 heteroatoms. The predicted octanol–water partition coefficient (Wildman–Crippen LogP) is -2.32. The summed E-state index contributed by atoms with van der Waals surface area (Å²) in [7, 11) is 0. The van der Waals surface area contributed by atoms with Gasteiger partial charge < -0.3 is 67.2 Å². The van der Waals surface area contributed by atoms with Gasteiger partial charge in [-0.25, -0.2) is 10.3 Å². The molecule has 15 N–H and O–H groups in total. The van der Waals surface area contributed by atoms with E-state index in [-0.39, 0.29) is 17.2 Å². The first-order valence-electron chi connectivity index (χ1n) is 10.4. The second-order valence-electron chi connectivity index (χ2n) is 8.16. The van der Waals surface area contributed by atoms with E-state index >= 15 is 0 Å². The van der Waals surface area contributed by atoms with Crippen LogP contribution in [-0.4, -0.2) is 78.9 Å². The van der Waals surface area contributed by atoms with Crippen LogP contribution < -0.4 is 16.4 Å². The summed E-state index contributed by atoms with van der Waals surface area (Å²) in [5.74, 6) is -18.2. The molecule has 0 saturated heterocycles. The number of aliphatic hydroxyl groups is 6. The van der Waals surface area contributed by atoms with Gasteiger partial charge in [0, 0.05) is 23.1 Å². The number of nitrogens with one attached hydrogen (secondary N) is 2. The minimum Gasteiger partial charge on any atom is -0.504 e. The summed E-state index contributed by atoms with van der Waals surface area (Å²) in [5.41, 5.74) is 4.52. The molecule has 2 aromatic carbocycles. The van der Waals surface area contributed by atoms with E-state index in [2.05, 4.69) is 10.3 Å². The molecule has 0 spiro atoms. The fourth-order valence-corrected chi connectivity index (χ4v) is 3.88. The Morgan fingerprint density at radius 2 is 1.39 bits per heavy atom. The van der Waals surface area contributed by atoms with Crippen molar-refractivity contribution in [2.24, 2.45) is 0 Å². The van der Waals surface area contributed by atoms with Crippen molar-refractivity contribution in [3.8, 4) is 28.7 Å². The van der Waals surface area contributed by atoms with Crippen LogP contribution in [0.15, 0.2) is 29.6 Å². The maximum Gasteiger partial charge on any atom is 0.288 e. The first-order chi connectivity index (χ1) is 17.4. The molecule has 0 atom stereocenters. The first kappa shape index (κ1) is 28.6. The Balaban J connectivity index is 1.75. The number of carbonyl (C=O) groups excluding carboxylic acids is 1. The monoisotopic (exact) mass is 556 g/mol. The summed E-state index contributed by atoms with van der Waals surface area (Å²) in [6.07, 6.45) is -1.50. The molecule has 0 aliphatic carbocycles. The number of carbonyl (C=O) groups is 1. The third-order valence-electron chi connectivity index (χ3n) is 5.24. The van der Waals surface area contributed by atoms with Crippen LogP contribution in [0.5, 0.6) is 28.7 Å². The molecule has 0 aliphatic rings. The molecular weight excluding hydrogens is 532 g/mol.